The van der Waals surface area contributed by atoms with Crippen molar-refractivity contribution in [3.8, 4) is 0 Å². The minimum atomic E-state index is -4.69. The first-order chi connectivity index (χ1) is 10.4. The van der Waals surface area contributed by atoms with Crippen LogP contribution in [0, 0.1) is 0 Å². The number of hydrogen-bond donors (Lipinski definition) is 8. The van der Waals surface area contributed by atoms with Crippen LogP contribution in [0.25, 0.3) is 0 Å². The van der Waals surface area contributed by atoms with E-state index in [0.717, 1.165) is 0 Å². The zero-order valence-corrected chi connectivity index (χ0v) is 21.9. The zero-order chi connectivity index (χ0) is 19.4. The SMILES string of the molecule is O=P(O)(O)CN(CCN(CP(=O)(O)O)CP(=O)(O)O)CP(=O)(O)O.[PbH2]. The monoisotopic (exact) mass is 646 g/mol. The van der Waals surface area contributed by atoms with Gasteiger partial charge in [0.2, 0.25) is 0 Å². The van der Waals surface area contributed by atoms with Crippen LogP contribution in [0.5, 0.6) is 0 Å². The molecule has 0 saturated carbocycles. The summed E-state index contributed by atoms with van der Waals surface area (Å²) in [6.45, 7) is -1.01. The predicted molar refractivity (Wildman–Crippen MR) is 89.6 cm³/mol. The van der Waals surface area contributed by atoms with Gasteiger partial charge in [0.25, 0.3) is 0 Å². The van der Waals surface area contributed by atoms with Gasteiger partial charge >= 0.3 is 57.7 Å². The molecule has 2 radical (unpaired) electrons. The van der Waals surface area contributed by atoms with Gasteiger partial charge in [-0.2, -0.15) is 0 Å². The van der Waals surface area contributed by atoms with Crippen molar-refractivity contribution >= 4 is 57.7 Å². The zero-order valence-electron chi connectivity index (χ0n) is 12.8. The van der Waals surface area contributed by atoms with Crippen LogP contribution in [0.2, 0.25) is 0 Å². The van der Waals surface area contributed by atoms with Crippen LogP contribution in [0.3, 0.4) is 0 Å². The Morgan fingerprint density at radius 1 is 0.480 bits per heavy atom. The van der Waals surface area contributed by atoms with Crippen LogP contribution < -0.4 is 0 Å². The van der Waals surface area contributed by atoms with Crippen LogP contribution in [0.1, 0.15) is 0 Å². The van der Waals surface area contributed by atoms with E-state index in [2.05, 4.69) is 0 Å². The molecule has 152 valence electrons. The quantitative estimate of drug-likeness (QED) is 0.0839. The van der Waals surface area contributed by atoms with Gasteiger partial charge in [0.05, 0.1) is 0 Å². The maximum absolute atomic E-state index is 11.0. The van der Waals surface area contributed by atoms with E-state index in [-0.39, 0.29) is 27.3 Å². The first-order valence-corrected chi connectivity index (χ1v) is 13.2. The standard InChI is InChI=1S/C6H20N2O12P4.Pb.2H/c9-21(10,11)3-7(4-22(12,13)14)1-2-8(5-23(15,16)17)6-24(18,19)20;;;/h1-6H2,(H2,9,10,11)(H2,12,13,14)(H2,15,16,17)(H2,18,19,20);;;. The summed E-state index contributed by atoms with van der Waals surface area (Å²) >= 11 is 0. The van der Waals surface area contributed by atoms with Gasteiger partial charge in [-0.1, -0.05) is 0 Å². The van der Waals surface area contributed by atoms with Gasteiger partial charge in [-0.15, -0.1) is 0 Å². The molecule has 0 aromatic heterocycles. The van der Waals surface area contributed by atoms with E-state index in [0.29, 0.717) is 9.80 Å². The van der Waals surface area contributed by atoms with E-state index >= 15 is 0 Å². The molecule has 0 heterocycles. The number of hydrogen-bond acceptors (Lipinski definition) is 6. The Bertz CT molecular complexity index is 492. The maximum atomic E-state index is 11.0. The van der Waals surface area contributed by atoms with Gasteiger partial charge in [-0.05, 0) is 0 Å². The Labute approximate surface area is 163 Å². The van der Waals surface area contributed by atoms with E-state index in [4.69, 9.17) is 39.1 Å². The normalized spacial score (nSPS) is 14.0. The van der Waals surface area contributed by atoms with Gasteiger partial charge < -0.3 is 39.1 Å². The van der Waals surface area contributed by atoms with Crippen molar-refractivity contribution in [2.75, 3.05) is 38.2 Å². The third kappa shape index (κ3) is 20.0. The fraction of sp³-hybridized carbons (Fsp3) is 1.00. The molecule has 19 heteroatoms. The van der Waals surface area contributed by atoms with E-state index < -0.39 is 68.6 Å². The number of nitrogens with zero attached hydrogens (tertiary/aromatic N) is 2. The van der Waals surface area contributed by atoms with E-state index in [9.17, 15) is 18.3 Å². The molecule has 14 nitrogen and oxygen atoms in total. The van der Waals surface area contributed by atoms with Crippen molar-refractivity contribution in [2.45, 2.75) is 0 Å². The van der Waals surface area contributed by atoms with Crippen molar-refractivity contribution in [3.05, 3.63) is 0 Å². The van der Waals surface area contributed by atoms with Crippen molar-refractivity contribution in [2.24, 2.45) is 0 Å². The Morgan fingerprint density at radius 3 is 0.760 bits per heavy atom. The van der Waals surface area contributed by atoms with Crippen molar-refractivity contribution in [1.82, 2.24) is 9.80 Å². The van der Waals surface area contributed by atoms with Crippen molar-refractivity contribution in [3.63, 3.8) is 0 Å². The first-order valence-electron chi connectivity index (χ1n) is 5.99. The fourth-order valence-corrected chi connectivity index (χ4v) is 5.06. The van der Waals surface area contributed by atoms with Gasteiger partial charge in [-0.25, -0.2) is 0 Å². The molecule has 0 fully saturated rings. The molecule has 0 amide bonds. The molecule has 0 aromatic rings. The Morgan fingerprint density at radius 2 is 0.640 bits per heavy atom. The second-order valence-corrected chi connectivity index (χ2v) is 11.5. The molecular formula is C6H22N2O12P4Pb. The molecule has 0 unspecified atom stereocenters. The van der Waals surface area contributed by atoms with Crippen LogP contribution in [-0.4, -0.2) is 114 Å². The summed E-state index contributed by atoms with van der Waals surface area (Å²) in [5, 5.41) is 0. The average Bonchev–Trinajstić information content (AvgIpc) is 2.16. The second kappa shape index (κ2) is 10.8. The molecule has 0 aliphatic rings. The molecule has 0 aliphatic carbocycles. The summed E-state index contributed by atoms with van der Waals surface area (Å²) in [7, 11) is -18.8. The van der Waals surface area contributed by atoms with Gasteiger partial charge in [0, 0.05) is 13.1 Å². The Hall–Kier alpha value is 1.44. The molecule has 0 aliphatic heterocycles. The summed E-state index contributed by atoms with van der Waals surface area (Å²) in [5.41, 5.74) is 0. The fourth-order valence-electron chi connectivity index (χ4n) is 1.70. The van der Waals surface area contributed by atoms with Crippen LogP contribution >= 0.6 is 30.4 Å². The third-order valence-electron chi connectivity index (χ3n) is 2.27. The molecule has 0 spiro atoms. The van der Waals surface area contributed by atoms with Crippen LogP contribution in [-0.2, 0) is 18.3 Å². The third-order valence-corrected chi connectivity index (χ3v) is 5.34. The van der Waals surface area contributed by atoms with Crippen molar-refractivity contribution in [1.29, 1.82) is 0 Å². The molecular weight excluding hydrogens is 623 g/mol. The molecule has 8 N–H and O–H groups in total. The summed E-state index contributed by atoms with van der Waals surface area (Å²) < 4.78 is 43.9. The molecule has 0 aromatic carbocycles. The first kappa shape index (κ1) is 28.6. The van der Waals surface area contributed by atoms with Crippen molar-refractivity contribution < 1.29 is 57.4 Å². The van der Waals surface area contributed by atoms with E-state index in [1.807, 2.05) is 0 Å². The Balaban J connectivity index is 0. The molecule has 25 heavy (non-hydrogen) atoms. The summed E-state index contributed by atoms with van der Waals surface area (Å²) in [6.07, 6.45) is -4.18. The minimum absolute atomic E-state index is 0. The molecule has 0 rings (SSSR count). The second-order valence-electron chi connectivity index (χ2n) is 5.01. The predicted octanol–water partition coefficient (Wildman–Crippen LogP) is -2.79. The van der Waals surface area contributed by atoms with Gasteiger partial charge in [0.1, 0.15) is 25.1 Å². The summed E-state index contributed by atoms with van der Waals surface area (Å²) in [4.78, 5) is 72.3. The van der Waals surface area contributed by atoms with Crippen LogP contribution in [0.4, 0.5) is 0 Å². The molecule has 0 atom stereocenters. The topological polar surface area (TPSA) is 237 Å². The molecule has 0 saturated heterocycles. The summed E-state index contributed by atoms with van der Waals surface area (Å²) in [6, 6.07) is 0. The van der Waals surface area contributed by atoms with E-state index in [1.54, 1.807) is 0 Å². The van der Waals surface area contributed by atoms with Crippen LogP contribution in [0.15, 0.2) is 0 Å². The van der Waals surface area contributed by atoms with E-state index in [1.165, 1.54) is 0 Å². The van der Waals surface area contributed by atoms with Gasteiger partial charge in [0.15, 0.2) is 0 Å². The Kier molecular flexibility index (Phi) is 12.4. The average molecular weight is 645 g/mol. The number of rotatable bonds is 11. The molecule has 0 bridgehead atoms. The summed E-state index contributed by atoms with van der Waals surface area (Å²) in [5.74, 6) is 0. The van der Waals surface area contributed by atoms with Gasteiger partial charge in [-0.3, -0.25) is 28.1 Å².